The molecule has 1 N–H and O–H groups in total. The Balaban J connectivity index is 1.13. The maximum absolute atomic E-state index is 13.7. The molecule has 4 saturated carbocycles. The molecule has 0 atom stereocenters. The van der Waals surface area contributed by atoms with Crippen LogP contribution in [0.1, 0.15) is 60.8 Å². The number of carbonyl (C=O) groups excluding carboxylic acids is 3. The van der Waals surface area contributed by atoms with E-state index in [9.17, 15) is 19.6 Å². The van der Waals surface area contributed by atoms with Crippen molar-refractivity contribution in [2.45, 2.75) is 50.5 Å². The minimum Gasteiger partial charge on any atom is -0.493 e. The van der Waals surface area contributed by atoms with E-state index in [1.165, 1.54) is 57.3 Å². The number of ether oxygens (including phenoxy) is 2. The van der Waals surface area contributed by atoms with E-state index >= 15 is 0 Å². The zero-order valence-electron chi connectivity index (χ0n) is 24.8. The van der Waals surface area contributed by atoms with Gasteiger partial charge in [-0.2, -0.15) is 5.26 Å². The van der Waals surface area contributed by atoms with Crippen LogP contribution in [0.25, 0.3) is 6.08 Å². The lowest BCUT2D eigenvalue weighted by Gasteiger charge is -2.57. The van der Waals surface area contributed by atoms with Gasteiger partial charge in [0.05, 0.1) is 24.4 Å². The second kappa shape index (κ2) is 11.5. The Morgan fingerprint density at radius 3 is 2.29 bits per heavy atom. The van der Waals surface area contributed by atoms with Crippen LogP contribution in [0.15, 0.2) is 70.7 Å². The lowest BCUT2D eigenvalue weighted by atomic mass is 9.48. The smallest absolute Gasteiger partial charge is 0.335 e. The van der Waals surface area contributed by atoms with E-state index in [0.717, 1.165) is 28.2 Å². The van der Waals surface area contributed by atoms with Crippen molar-refractivity contribution in [2.24, 2.45) is 17.8 Å². The molecular formula is C36H32BrN3O5. The van der Waals surface area contributed by atoms with Gasteiger partial charge in [0.2, 0.25) is 0 Å². The number of imide groups is 2. The molecule has 4 bridgehead atoms. The van der Waals surface area contributed by atoms with Crippen LogP contribution in [0.2, 0.25) is 0 Å². The Kier molecular flexibility index (Phi) is 7.49. The molecule has 3 aromatic rings. The topological polar surface area (TPSA) is 109 Å². The van der Waals surface area contributed by atoms with Crippen molar-refractivity contribution in [1.82, 2.24) is 5.32 Å². The fourth-order valence-corrected chi connectivity index (χ4v) is 8.76. The molecule has 1 aliphatic heterocycles. The molecule has 5 aliphatic rings. The predicted molar refractivity (Wildman–Crippen MR) is 171 cm³/mol. The molecule has 4 aliphatic carbocycles. The molecule has 0 aromatic heterocycles. The summed E-state index contributed by atoms with van der Waals surface area (Å²) in [5.41, 5.74) is 3.45. The van der Waals surface area contributed by atoms with Crippen molar-refractivity contribution in [3.05, 3.63) is 93.0 Å². The Bertz CT molecular complexity index is 1760. The summed E-state index contributed by atoms with van der Waals surface area (Å²) in [7, 11) is 1.49. The summed E-state index contributed by atoms with van der Waals surface area (Å²) in [6.45, 7) is 0.145. The molecule has 0 unspecified atom stereocenters. The molecular weight excluding hydrogens is 634 g/mol. The second-order valence-electron chi connectivity index (χ2n) is 12.8. The summed E-state index contributed by atoms with van der Waals surface area (Å²) in [5.74, 6) is 1.73. The van der Waals surface area contributed by atoms with Crippen LogP contribution in [0.4, 0.5) is 10.5 Å². The number of nitrogens with zero attached hydrogens (tertiary/aromatic N) is 2. The first-order valence-corrected chi connectivity index (χ1v) is 16.1. The third-order valence-corrected chi connectivity index (χ3v) is 10.7. The molecule has 0 spiro atoms. The summed E-state index contributed by atoms with van der Waals surface area (Å²) in [6.07, 6.45) is 9.17. The van der Waals surface area contributed by atoms with Crippen LogP contribution in [0.3, 0.4) is 0 Å². The fourth-order valence-electron chi connectivity index (χ4n) is 8.32. The molecule has 1 heterocycles. The van der Waals surface area contributed by atoms with Crippen molar-refractivity contribution >= 4 is 45.5 Å². The SMILES string of the molecule is COc1cc(/C=C2\C(=O)NC(=O)N(c3ccc(C45CC6CC(CC(C6)C4)C5)cc3)C2=O)c(Br)cc1OCc1ccccc1C#N. The molecule has 228 valence electrons. The molecule has 8 rings (SSSR count). The van der Waals surface area contributed by atoms with Gasteiger partial charge in [0.1, 0.15) is 12.2 Å². The molecule has 9 heteroatoms. The number of anilines is 1. The molecule has 45 heavy (non-hydrogen) atoms. The number of amides is 4. The van der Waals surface area contributed by atoms with Crippen molar-refractivity contribution in [2.75, 3.05) is 12.0 Å². The van der Waals surface area contributed by atoms with Gasteiger partial charge in [0.25, 0.3) is 11.8 Å². The number of nitrogens with one attached hydrogen (secondary N) is 1. The maximum atomic E-state index is 13.7. The number of urea groups is 1. The van der Waals surface area contributed by atoms with E-state index in [2.05, 4.69) is 39.4 Å². The highest BCUT2D eigenvalue weighted by Crippen LogP contribution is 2.60. The highest BCUT2D eigenvalue weighted by atomic mass is 79.9. The Labute approximate surface area is 270 Å². The Morgan fingerprint density at radius 1 is 0.978 bits per heavy atom. The van der Waals surface area contributed by atoms with E-state index in [0.29, 0.717) is 32.8 Å². The van der Waals surface area contributed by atoms with Crippen molar-refractivity contribution < 1.29 is 23.9 Å². The summed E-state index contributed by atoms with van der Waals surface area (Å²) in [6, 6.07) is 19.7. The Hall–Kier alpha value is -4.42. The van der Waals surface area contributed by atoms with Gasteiger partial charge in [-0.25, -0.2) is 9.69 Å². The highest BCUT2D eigenvalue weighted by molar-refractivity contribution is 9.10. The largest absolute Gasteiger partial charge is 0.493 e. The number of carbonyl (C=O) groups is 3. The van der Waals surface area contributed by atoms with Crippen LogP contribution in [0.5, 0.6) is 11.5 Å². The minimum atomic E-state index is -0.775. The average Bonchev–Trinajstić information content (AvgIpc) is 3.02. The first-order valence-electron chi connectivity index (χ1n) is 15.3. The van der Waals surface area contributed by atoms with Crippen LogP contribution < -0.4 is 19.7 Å². The number of benzene rings is 3. The van der Waals surface area contributed by atoms with Gasteiger partial charge in [-0.05, 0) is 109 Å². The zero-order chi connectivity index (χ0) is 31.3. The number of rotatable bonds is 7. The van der Waals surface area contributed by atoms with E-state index in [4.69, 9.17) is 9.47 Å². The van der Waals surface area contributed by atoms with E-state index in [1.54, 1.807) is 24.3 Å². The number of nitriles is 1. The van der Waals surface area contributed by atoms with Gasteiger partial charge in [-0.3, -0.25) is 14.9 Å². The molecule has 8 nitrogen and oxygen atoms in total. The maximum Gasteiger partial charge on any atom is 0.335 e. The highest BCUT2D eigenvalue weighted by Gasteiger charge is 2.51. The third-order valence-electron chi connectivity index (χ3n) is 9.98. The van der Waals surface area contributed by atoms with Gasteiger partial charge in [0, 0.05) is 10.0 Å². The fraction of sp³-hybridized carbons (Fsp3) is 0.333. The lowest BCUT2D eigenvalue weighted by Crippen LogP contribution is -2.54. The van der Waals surface area contributed by atoms with E-state index in [1.807, 2.05) is 24.3 Å². The minimum absolute atomic E-state index is 0.145. The van der Waals surface area contributed by atoms with Gasteiger partial charge >= 0.3 is 6.03 Å². The third kappa shape index (κ3) is 5.31. The number of halogens is 1. The molecule has 4 amide bonds. The van der Waals surface area contributed by atoms with Crippen LogP contribution in [0, 0.1) is 29.1 Å². The lowest BCUT2D eigenvalue weighted by molar-refractivity contribution is -0.122. The van der Waals surface area contributed by atoms with E-state index < -0.39 is 17.8 Å². The first-order chi connectivity index (χ1) is 21.8. The van der Waals surface area contributed by atoms with Gasteiger partial charge in [-0.15, -0.1) is 0 Å². The van der Waals surface area contributed by atoms with Crippen molar-refractivity contribution in [3.63, 3.8) is 0 Å². The number of methoxy groups -OCH3 is 1. The molecule has 3 aromatic carbocycles. The van der Waals surface area contributed by atoms with Crippen molar-refractivity contribution in [1.29, 1.82) is 5.26 Å². The van der Waals surface area contributed by atoms with Crippen LogP contribution >= 0.6 is 15.9 Å². The number of barbiturate groups is 1. The van der Waals surface area contributed by atoms with Gasteiger partial charge in [0.15, 0.2) is 11.5 Å². The van der Waals surface area contributed by atoms with Crippen LogP contribution in [-0.2, 0) is 21.6 Å². The summed E-state index contributed by atoms with van der Waals surface area (Å²) >= 11 is 3.52. The molecule has 1 saturated heterocycles. The van der Waals surface area contributed by atoms with Gasteiger partial charge in [-0.1, -0.05) is 46.3 Å². The molecule has 5 fully saturated rings. The number of hydrogen-bond acceptors (Lipinski definition) is 6. The van der Waals surface area contributed by atoms with E-state index in [-0.39, 0.29) is 17.6 Å². The second-order valence-corrected chi connectivity index (χ2v) is 13.6. The van der Waals surface area contributed by atoms with Crippen LogP contribution in [-0.4, -0.2) is 25.0 Å². The summed E-state index contributed by atoms with van der Waals surface area (Å²) < 4.78 is 12.1. The predicted octanol–water partition coefficient (Wildman–Crippen LogP) is 7.04. The zero-order valence-corrected chi connectivity index (χ0v) is 26.4. The monoisotopic (exact) mass is 665 g/mol. The summed E-state index contributed by atoms with van der Waals surface area (Å²) in [4.78, 5) is 40.6. The normalized spacial score (nSPS) is 26.2. The molecule has 0 radical (unpaired) electrons. The number of hydrogen-bond donors (Lipinski definition) is 1. The summed E-state index contributed by atoms with van der Waals surface area (Å²) in [5, 5.41) is 11.7. The van der Waals surface area contributed by atoms with Gasteiger partial charge < -0.3 is 9.47 Å². The van der Waals surface area contributed by atoms with Crippen molar-refractivity contribution in [3.8, 4) is 17.6 Å². The standard InChI is InChI=1S/C36H32BrN3O5/c1-44-31-14-26(30(37)15-32(31)45-20-25-5-3-2-4-24(25)19-38)13-29-33(41)39-35(43)40(34(29)42)28-8-6-27(7-9-28)36-16-21-10-22(17-36)12-23(11-21)18-36/h2-9,13-15,21-23H,10-12,16-18,20H2,1H3,(H,39,41,43)/b29-13+. The quantitative estimate of drug-likeness (QED) is 0.214. The first kappa shape index (κ1) is 29.3. The average molecular weight is 667 g/mol. The Morgan fingerprint density at radius 2 is 1.64 bits per heavy atom.